The number of Topliss-reactive ketones (excluding diaryl/α,β-unsaturated/α-hetero) is 1. The third-order valence-electron chi connectivity index (χ3n) is 7.29. The Labute approximate surface area is 260 Å². The fraction of sp³-hybridized carbons (Fsp3) is 0.346. The van der Waals surface area contributed by atoms with Crippen molar-refractivity contribution in [2.75, 3.05) is 12.3 Å². The molecule has 1 unspecified atom stereocenters. The van der Waals surface area contributed by atoms with Crippen LogP contribution in [0.15, 0.2) is 22.7 Å². The minimum Gasteiger partial charge on any atom is -0.504 e. The molecule has 46 heavy (non-hydrogen) atoms. The Balaban J connectivity index is 1.37. The smallest absolute Gasteiger partial charge is 0.372 e. The molecule has 0 aliphatic carbocycles. The summed E-state index contributed by atoms with van der Waals surface area (Å²) in [6.45, 7) is 1.75. The van der Waals surface area contributed by atoms with Gasteiger partial charge in [0.15, 0.2) is 28.1 Å². The van der Waals surface area contributed by atoms with E-state index in [1.54, 1.807) is 0 Å². The van der Waals surface area contributed by atoms with Crippen molar-refractivity contribution in [1.29, 1.82) is 0 Å². The number of fused-ring (bicyclic) bond motifs is 1. The highest BCUT2D eigenvalue weighted by Gasteiger charge is 2.65. The number of nitrogens with two attached hydrogens (primary N) is 1. The number of esters is 1. The summed E-state index contributed by atoms with van der Waals surface area (Å²) in [6, 6.07) is -0.265. The number of aliphatic carboxylic acids is 2. The van der Waals surface area contributed by atoms with Gasteiger partial charge in [-0.1, -0.05) is 5.16 Å². The molecule has 0 radical (unpaired) electrons. The Morgan fingerprint density at radius 1 is 1.13 bits per heavy atom. The Morgan fingerprint density at radius 3 is 2.26 bits per heavy atom. The van der Waals surface area contributed by atoms with Gasteiger partial charge in [-0.2, -0.15) is 5.06 Å². The van der Waals surface area contributed by atoms with Gasteiger partial charge in [-0.25, -0.2) is 19.4 Å². The fourth-order valence-corrected chi connectivity index (χ4v) is 5.32. The molecule has 2 saturated heterocycles. The Hall–Kier alpha value is -5.63. The monoisotopic (exact) mass is 661 g/mol. The molecule has 3 aliphatic heterocycles. The van der Waals surface area contributed by atoms with Crippen LogP contribution in [0.4, 0.5) is 5.13 Å². The average molecular weight is 662 g/mol. The molecule has 1 aromatic carbocycles. The minimum atomic E-state index is -2.87. The van der Waals surface area contributed by atoms with E-state index in [0.29, 0.717) is 4.90 Å². The van der Waals surface area contributed by atoms with E-state index in [2.05, 4.69) is 10.1 Å². The lowest BCUT2D eigenvalue weighted by Crippen LogP contribution is -2.56. The fourth-order valence-electron chi connectivity index (χ4n) is 4.78. The summed E-state index contributed by atoms with van der Waals surface area (Å²) in [5, 5.41) is 44.2. The van der Waals surface area contributed by atoms with Crippen molar-refractivity contribution >= 4 is 63.6 Å². The number of anilines is 1. The van der Waals surface area contributed by atoms with E-state index in [4.69, 9.17) is 20.1 Å². The lowest BCUT2D eigenvalue weighted by Gasteiger charge is -2.31. The first-order valence-electron chi connectivity index (χ1n) is 13.1. The SMILES string of the molecule is CC(C)(O/N=C(\C(=O)C[C@H]1CON(C2(C(=O)O)C[C@H](N3C(=O)c4cc(O)c(O)cc4C3=O)C(=O)O2)C1=O)c1csc(N)n1)C(=O)O. The van der Waals surface area contributed by atoms with Gasteiger partial charge in [0.1, 0.15) is 11.7 Å². The summed E-state index contributed by atoms with van der Waals surface area (Å²) in [6.07, 6.45) is -1.65. The van der Waals surface area contributed by atoms with Crippen LogP contribution >= 0.6 is 11.3 Å². The number of rotatable bonds is 10. The minimum absolute atomic E-state index is 0.0344. The number of carboxylic acid groups (broad SMARTS) is 2. The van der Waals surface area contributed by atoms with Crippen molar-refractivity contribution in [2.24, 2.45) is 11.1 Å². The number of aromatic nitrogens is 1. The summed E-state index contributed by atoms with van der Waals surface area (Å²) in [7, 11) is 0. The number of carboxylic acids is 2. The van der Waals surface area contributed by atoms with E-state index in [0.717, 1.165) is 23.5 Å². The van der Waals surface area contributed by atoms with Gasteiger partial charge in [-0.05, 0) is 26.0 Å². The largest absolute Gasteiger partial charge is 0.504 e. The number of carbonyl (C=O) groups is 7. The number of carbonyl (C=O) groups excluding carboxylic acids is 5. The highest BCUT2D eigenvalue weighted by atomic mass is 32.1. The second kappa shape index (κ2) is 11.1. The van der Waals surface area contributed by atoms with Crippen LogP contribution in [0.2, 0.25) is 0 Å². The maximum absolute atomic E-state index is 13.4. The first-order chi connectivity index (χ1) is 21.5. The zero-order valence-electron chi connectivity index (χ0n) is 23.7. The van der Waals surface area contributed by atoms with Crippen LogP contribution in [0, 0.1) is 5.92 Å². The number of nitrogens with zero attached hydrogens (tertiary/aromatic N) is 4. The molecule has 3 atom stereocenters. The van der Waals surface area contributed by atoms with E-state index in [9.17, 15) is 54.0 Å². The van der Waals surface area contributed by atoms with Gasteiger partial charge >= 0.3 is 23.6 Å². The molecule has 0 bridgehead atoms. The number of imide groups is 1. The number of amides is 3. The number of benzene rings is 1. The summed E-state index contributed by atoms with van der Waals surface area (Å²) in [4.78, 5) is 104. The van der Waals surface area contributed by atoms with Gasteiger partial charge in [-0.3, -0.25) is 28.9 Å². The number of ether oxygens (including phenoxy) is 1. The van der Waals surface area contributed by atoms with Crippen molar-refractivity contribution in [3.8, 4) is 11.5 Å². The second-order valence-electron chi connectivity index (χ2n) is 10.8. The van der Waals surface area contributed by atoms with Crippen molar-refractivity contribution in [3.05, 3.63) is 34.3 Å². The molecule has 242 valence electrons. The lowest BCUT2D eigenvalue weighted by atomic mass is 9.98. The summed E-state index contributed by atoms with van der Waals surface area (Å²) in [5.41, 5.74) is -0.413. The van der Waals surface area contributed by atoms with Crippen molar-refractivity contribution in [3.63, 3.8) is 0 Å². The predicted octanol–water partition coefficient (Wildman–Crippen LogP) is -0.538. The van der Waals surface area contributed by atoms with Crippen molar-refractivity contribution in [1.82, 2.24) is 14.9 Å². The number of ketones is 1. The molecule has 5 rings (SSSR count). The third-order valence-corrected chi connectivity index (χ3v) is 7.97. The number of phenols is 2. The van der Waals surface area contributed by atoms with Crippen molar-refractivity contribution in [2.45, 2.75) is 44.1 Å². The van der Waals surface area contributed by atoms with Crippen LogP contribution in [-0.4, -0.2) is 106 Å². The van der Waals surface area contributed by atoms with Gasteiger partial charge < -0.3 is 35.7 Å². The molecule has 2 aromatic rings. The molecule has 20 heteroatoms. The van der Waals surface area contributed by atoms with Crippen LogP contribution in [0.25, 0.3) is 0 Å². The maximum Gasteiger partial charge on any atom is 0.372 e. The first kappa shape index (κ1) is 31.8. The summed E-state index contributed by atoms with van der Waals surface area (Å²) < 4.78 is 5.09. The maximum atomic E-state index is 13.4. The van der Waals surface area contributed by atoms with E-state index >= 15 is 0 Å². The topological polar surface area (TPSA) is 286 Å². The molecule has 6 N–H and O–H groups in total. The molecular formula is C26H23N5O14S. The van der Waals surface area contributed by atoms with Gasteiger partial charge in [0.2, 0.25) is 5.60 Å². The molecule has 19 nitrogen and oxygen atoms in total. The molecular weight excluding hydrogens is 638 g/mol. The van der Waals surface area contributed by atoms with Crippen LogP contribution in [0.1, 0.15) is 53.1 Å². The lowest BCUT2D eigenvalue weighted by molar-refractivity contribution is -0.256. The third kappa shape index (κ3) is 5.11. The van der Waals surface area contributed by atoms with E-state index in [1.807, 2.05) is 0 Å². The van der Waals surface area contributed by atoms with Crippen LogP contribution < -0.4 is 5.73 Å². The highest BCUT2D eigenvalue weighted by molar-refractivity contribution is 7.13. The normalized spacial score (nSPS) is 23.1. The summed E-state index contributed by atoms with van der Waals surface area (Å²) >= 11 is 0.933. The number of cyclic esters (lactones) is 1. The molecule has 3 aliphatic rings. The molecule has 1 aromatic heterocycles. The quantitative estimate of drug-likeness (QED) is 0.0702. The van der Waals surface area contributed by atoms with E-state index < -0.39 is 101 Å². The average Bonchev–Trinajstić information content (AvgIpc) is 3.71. The Morgan fingerprint density at radius 2 is 1.74 bits per heavy atom. The predicted molar refractivity (Wildman–Crippen MR) is 147 cm³/mol. The number of hydrogen-bond acceptors (Lipinski definition) is 16. The number of oxime groups is 1. The van der Waals surface area contributed by atoms with E-state index in [1.165, 1.54) is 19.2 Å². The highest BCUT2D eigenvalue weighted by Crippen LogP contribution is 2.41. The van der Waals surface area contributed by atoms with Crippen molar-refractivity contribution < 1.29 is 68.4 Å². The second-order valence-corrected chi connectivity index (χ2v) is 11.7. The summed E-state index contributed by atoms with van der Waals surface area (Å²) in [5.74, 6) is -11.7. The van der Waals surface area contributed by atoms with Gasteiger partial charge in [0, 0.05) is 11.8 Å². The standard InChI is InChI=1S/C26H23N5O14S/c1-25(2,22(39)40)45-29-17(12-8-46-24(27)28-12)16(34)3-9-7-43-31(18(9)35)26(23(41)42)6-13(21(38)44-26)30-19(36)10-4-14(32)15(33)5-11(10)20(30)37/h4-5,8-9,13,32-33H,3,6-7H2,1-2H3,(H2,27,28)(H,39,40)(H,41,42)/b29-17-/t9-,13-,26?/m0/s1. The number of hydroxylamine groups is 2. The number of hydrogen-bond donors (Lipinski definition) is 5. The molecule has 4 heterocycles. The zero-order chi connectivity index (χ0) is 33.9. The number of nitrogen functional groups attached to an aromatic ring is 1. The number of phenolic OH excluding ortho intramolecular Hbond substituents is 2. The number of thiazole rings is 1. The van der Waals surface area contributed by atoms with E-state index in [-0.39, 0.29) is 27.0 Å². The van der Waals surface area contributed by atoms with Crippen LogP contribution in [0.3, 0.4) is 0 Å². The zero-order valence-corrected chi connectivity index (χ0v) is 24.5. The Kier molecular flexibility index (Phi) is 7.65. The molecule has 3 amide bonds. The molecule has 2 fully saturated rings. The van der Waals surface area contributed by atoms with Gasteiger partial charge in [-0.15, -0.1) is 11.3 Å². The Bertz CT molecular complexity index is 1730. The van der Waals surface area contributed by atoms with Gasteiger partial charge in [0.25, 0.3) is 17.7 Å². The van der Waals surface area contributed by atoms with Crippen LogP contribution in [-0.2, 0) is 38.4 Å². The number of aromatic hydroxyl groups is 2. The molecule has 0 spiro atoms. The molecule has 0 saturated carbocycles. The van der Waals surface area contributed by atoms with Gasteiger partial charge in [0.05, 0.1) is 30.1 Å². The first-order valence-corrected chi connectivity index (χ1v) is 14.0. The van der Waals surface area contributed by atoms with Crippen LogP contribution in [0.5, 0.6) is 11.5 Å².